The zero-order valence-electron chi connectivity index (χ0n) is 15.1. The van der Waals surface area contributed by atoms with Gasteiger partial charge in [-0.2, -0.15) is 0 Å². The lowest BCUT2D eigenvalue weighted by atomic mass is 9.85. The van der Waals surface area contributed by atoms with Gasteiger partial charge in [-0.05, 0) is 49.8 Å². The SMILES string of the molecule is O=C(O)CN1C(=O)c2ccc3c4cccc5cccc(c6ccc(c2c36)C1=O)c54. The Hall–Kier alpha value is -3.99. The Balaban J connectivity index is 1.83. The summed E-state index contributed by atoms with van der Waals surface area (Å²) in [6.07, 6.45) is 0. The molecule has 2 amide bonds. The van der Waals surface area contributed by atoms with Crippen molar-refractivity contribution >= 4 is 60.9 Å². The number of fused-ring (bicyclic) bond motifs is 2. The highest BCUT2D eigenvalue weighted by Gasteiger charge is 2.35. The maximum absolute atomic E-state index is 13.0. The molecule has 0 unspecified atom stereocenters. The molecule has 5 heteroatoms. The van der Waals surface area contributed by atoms with Crippen molar-refractivity contribution in [2.45, 2.75) is 0 Å². The first-order valence-electron chi connectivity index (χ1n) is 9.26. The number of amides is 2. The van der Waals surface area contributed by atoms with Crippen LogP contribution in [0.3, 0.4) is 0 Å². The van der Waals surface area contributed by atoms with Crippen molar-refractivity contribution < 1.29 is 19.5 Å². The van der Waals surface area contributed by atoms with E-state index in [9.17, 15) is 14.4 Å². The van der Waals surface area contributed by atoms with Gasteiger partial charge < -0.3 is 5.11 Å². The lowest BCUT2D eigenvalue weighted by Gasteiger charge is -2.27. The minimum absolute atomic E-state index is 0.369. The van der Waals surface area contributed by atoms with Crippen LogP contribution in [0.5, 0.6) is 0 Å². The molecule has 0 radical (unpaired) electrons. The number of hydrogen-bond donors (Lipinski definition) is 1. The maximum Gasteiger partial charge on any atom is 0.323 e. The number of nitrogens with zero attached hydrogens (tertiary/aromatic N) is 1. The number of imide groups is 1. The summed E-state index contributed by atoms with van der Waals surface area (Å²) in [6.45, 7) is -0.649. The number of carboxylic acid groups (broad SMARTS) is 1. The largest absolute Gasteiger partial charge is 0.480 e. The highest BCUT2D eigenvalue weighted by atomic mass is 16.4. The van der Waals surface area contributed by atoms with Crippen molar-refractivity contribution in [1.29, 1.82) is 0 Å². The molecule has 5 nitrogen and oxygen atoms in total. The lowest BCUT2D eigenvalue weighted by molar-refractivity contribution is -0.137. The summed E-state index contributed by atoms with van der Waals surface area (Å²) in [6, 6.07) is 19.5. The molecule has 0 spiro atoms. The van der Waals surface area contributed by atoms with E-state index in [2.05, 4.69) is 24.3 Å². The molecule has 0 fully saturated rings. The van der Waals surface area contributed by atoms with Gasteiger partial charge in [0.25, 0.3) is 11.8 Å². The van der Waals surface area contributed by atoms with Crippen LogP contribution in [0.15, 0.2) is 60.7 Å². The second-order valence-electron chi connectivity index (χ2n) is 7.37. The maximum atomic E-state index is 13.0. The van der Waals surface area contributed by atoms with Gasteiger partial charge in [0.2, 0.25) is 0 Å². The van der Waals surface area contributed by atoms with Crippen LogP contribution >= 0.6 is 0 Å². The Bertz CT molecular complexity index is 1450. The van der Waals surface area contributed by atoms with E-state index in [0.717, 1.165) is 42.6 Å². The van der Waals surface area contributed by atoms with Gasteiger partial charge in [-0.15, -0.1) is 0 Å². The van der Waals surface area contributed by atoms with E-state index >= 15 is 0 Å². The minimum Gasteiger partial charge on any atom is -0.480 e. The van der Waals surface area contributed by atoms with Gasteiger partial charge in [0, 0.05) is 16.5 Å². The summed E-state index contributed by atoms with van der Waals surface area (Å²) in [7, 11) is 0. The van der Waals surface area contributed by atoms with Crippen LogP contribution < -0.4 is 0 Å². The third-order valence-corrected chi connectivity index (χ3v) is 5.89. The average molecular weight is 379 g/mol. The molecule has 0 aliphatic carbocycles. The summed E-state index contributed by atoms with van der Waals surface area (Å²) >= 11 is 0. The van der Waals surface area contributed by atoms with Crippen molar-refractivity contribution in [3.05, 3.63) is 71.8 Å². The molecule has 0 atom stereocenters. The van der Waals surface area contributed by atoms with Crippen molar-refractivity contribution in [3.8, 4) is 0 Å². The van der Waals surface area contributed by atoms with E-state index in [4.69, 9.17) is 5.11 Å². The molecule has 29 heavy (non-hydrogen) atoms. The van der Waals surface area contributed by atoms with Gasteiger partial charge in [-0.1, -0.05) is 48.5 Å². The second kappa shape index (κ2) is 5.29. The highest BCUT2D eigenvalue weighted by molar-refractivity contribution is 6.38. The van der Waals surface area contributed by atoms with Crippen molar-refractivity contribution in [2.75, 3.05) is 6.54 Å². The van der Waals surface area contributed by atoms with Gasteiger partial charge in [0.15, 0.2) is 0 Å². The quantitative estimate of drug-likeness (QED) is 0.280. The summed E-state index contributed by atoms with van der Waals surface area (Å²) in [5.41, 5.74) is 0.737. The topological polar surface area (TPSA) is 74.7 Å². The number of carbonyl (C=O) groups excluding carboxylic acids is 2. The molecule has 1 heterocycles. The summed E-state index contributed by atoms with van der Waals surface area (Å²) in [5, 5.41) is 17.0. The van der Waals surface area contributed by atoms with Crippen LogP contribution in [-0.4, -0.2) is 34.3 Å². The third-order valence-electron chi connectivity index (χ3n) is 5.89. The van der Waals surface area contributed by atoms with Crippen LogP contribution in [0.25, 0.3) is 43.1 Å². The molecule has 1 N–H and O–H groups in total. The fraction of sp³-hybridized carbons (Fsp3) is 0.0417. The predicted octanol–water partition coefficient (Wildman–Crippen LogP) is 4.42. The van der Waals surface area contributed by atoms with Crippen molar-refractivity contribution in [2.24, 2.45) is 0 Å². The molecule has 1 aliphatic heterocycles. The van der Waals surface area contributed by atoms with E-state index in [0.29, 0.717) is 16.5 Å². The van der Waals surface area contributed by atoms with E-state index in [1.807, 2.05) is 24.3 Å². The predicted molar refractivity (Wildman–Crippen MR) is 111 cm³/mol. The van der Waals surface area contributed by atoms with Gasteiger partial charge >= 0.3 is 5.97 Å². The molecule has 6 rings (SSSR count). The zero-order chi connectivity index (χ0) is 19.9. The monoisotopic (exact) mass is 379 g/mol. The Kier molecular flexibility index (Phi) is 2.92. The molecule has 5 aromatic rings. The van der Waals surface area contributed by atoms with Gasteiger partial charge in [-0.3, -0.25) is 19.3 Å². The lowest BCUT2D eigenvalue weighted by Crippen LogP contribution is -2.43. The third kappa shape index (κ3) is 1.91. The molecule has 0 saturated heterocycles. The fourth-order valence-corrected chi connectivity index (χ4v) is 4.75. The highest BCUT2D eigenvalue weighted by Crippen LogP contribution is 2.43. The first-order chi connectivity index (χ1) is 14.1. The molecular weight excluding hydrogens is 366 g/mol. The first kappa shape index (κ1) is 16.0. The van der Waals surface area contributed by atoms with Gasteiger partial charge in [0.1, 0.15) is 6.54 Å². The number of hydrogen-bond acceptors (Lipinski definition) is 3. The zero-order valence-corrected chi connectivity index (χ0v) is 15.1. The van der Waals surface area contributed by atoms with Crippen LogP contribution in [0, 0.1) is 0 Å². The molecule has 138 valence electrons. The molecule has 0 aromatic heterocycles. The molecule has 5 aromatic carbocycles. The van der Waals surface area contributed by atoms with Crippen LogP contribution in [0.2, 0.25) is 0 Å². The normalized spacial score (nSPS) is 14.0. The van der Waals surface area contributed by atoms with E-state index < -0.39 is 24.3 Å². The smallest absolute Gasteiger partial charge is 0.323 e. The van der Waals surface area contributed by atoms with Crippen molar-refractivity contribution in [3.63, 3.8) is 0 Å². The summed E-state index contributed by atoms with van der Waals surface area (Å²) in [4.78, 5) is 37.9. The Morgan fingerprint density at radius 2 is 1.21 bits per heavy atom. The number of aliphatic carboxylic acids is 1. The summed E-state index contributed by atoms with van der Waals surface area (Å²) < 4.78 is 0. The van der Waals surface area contributed by atoms with Gasteiger partial charge in [-0.25, -0.2) is 0 Å². The van der Waals surface area contributed by atoms with E-state index in [1.54, 1.807) is 12.1 Å². The van der Waals surface area contributed by atoms with Crippen molar-refractivity contribution in [1.82, 2.24) is 4.90 Å². The Morgan fingerprint density at radius 1 is 0.690 bits per heavy atom. The molecular formula is C24H13NO4. The number of carboxylic acids is 1. The molecule has 1 aliphatic rings. The van der Waals surface area contributed by atoms with E-state index in [1.165, 1.54) is 0 Å². The first-order valence-corrected chi connectivity index (χ1v) is 9.26. The molecule has 0 bridgehead atoms. The minimum atomic E-state index is -1.22. The van der Waals surface area contributed by atoms with E-state index in [-0.39, 0.29) is 0 Å². The average Bonchev–Trinajstić information content (AvgIpc) is 2.73. The van der Waals surface area contributed by atoms with Gasteiger partial charge in [0.05, 0.1) is 0 Å². The standard InChI is InChI=1S/C24H13NO4/c26-19(27)11-25-23(28)17-9-7-15-13-5-1-3-12-4-2-6-14(20(12)13)16-8-10-18(24(25)29)22(17)21(15)16/h1-10H,11H2,(H,26,27). The number of rotatable bonds is 2. The number of carbonyl (C=O) groups is 3. The van der Waals surface area contributed by atoms with Crippen LogP contribution in [-0.2, 0) is 4.79 Å². The summed E-state index contributed by atoms with van der Waals surface area (Å²) in [5.74, 6) is -2.35. The number of benzene rings is 5. The Morgan fingerprint density at radius 3 is 1.72 bits per heavy atom. The van der Waals surface area contributed by atoms with Crippen LogP contribution in [0.1, 0.15) is 20.7 Å². The Labute approximate surface area is 164 Å². The second-order valence-corrected chi connectivity index (χ2v) is 7.37. The van der Waals surface area contributed by atoms with Crippen LogP contribution in [0.4, 0.5) is 0 Å². The fourth-order valence-electron chi connectivity index (χ4n) is 4.75. The molecule has 0 saturated carbocycles.